The molecule has 0 unspecified atom stereocenters. The average Bonchev–Trinajstić information content (AvgIpc) is 2.52. The van der Waals surface area contributed by atoms with Gasteiger partial charge in [0.05, 0.1) is 11.9 Å². The number of nitrogens with one attached hydrogen (secondary N) is 1. The molecule has 112 valence electrons. The van der Waals surface area contributed by atoms with Crippen molar-refractivity contribution in [2.75, 3.05) is 18.5 Å². The van der Waals surface area contributed by atoms with Crippen LogP contribution in [-0.2, 0) is 6.54 Å². The lowest BCUT2D eigenvalue weighted by Crippen LogP contribution is -2.36. The minimum atomic E-state index is 0.626. The summed E-state index contributed by atoms with van der Waals surface area (Å²) < 4.78 is 0. The Labute approximate surface area is 123 Å². The summed E-state index contributed by atoms with van der Waals surface area (Å²) >= 11 is 0. The van der Waals surface area contributed by atoms with Crippen molar-refractivity contribution in [2.24, 2.45) is 5.92 Å². The van der Waals surface area contributed by atoms with Gasteiger partial charge in [0.25, 0.3) is 0 Å². The van der Waals surface area contributed by atoms with E-state index >= 15 is 0 Å². The van der Waals surface area contributed by atoms with E-state index in [4.69, 9.17) is 4.98 Å². The summed E-state index contributed by atoms with van der Waals surface area (Å²) in [4.78, 5) is 11.4. The largest absolute Gasteiger partial charge is 0.355 e. The standard InChI is InChI=1S/C16H28N4/c1-4-13-6-8-15(9-7-13)20(3)16-12-18-11-14(19-16)10-17-5-2/h11-13,15,17H,4-10H2,1-3H3. The maximum atomic E-state index is 4.73. The zero-order valence-electron chi connectivity index (χ0n) is 13.1. The van der Waals surface area contributed by atoms with Crippen LogP contribution in [0.2, 0.25) is 0 Å². The zero-order valence-corrected chi connectivity index (χ0v) is 13.1. The van der Waals surface area contributed by atoms with Crippen LogP contribution in [0.25, 0.3) is 0 Å². The molecule has 1 N–H and O–H groups in total. The first-order valence-corrected chi connectivity index (χ1v) is 7.99. The molecule has 1 saturated carbocycles. The smallest absolute Gasteiger partial charge is 0.147 e. The van der Waals surface area contributed by atoms with Crippen molar-refractivity contribution in [2.45, 2.75) is 58.5 Å². The van der Waals surface area contributed by atoms with Crippen molar-refractivity contribution >= 4 is 5.82 Å². The number of nitrogens with zero attached hydrogens (tertiary/aromatic N) is 3. The topological polar surface area (TPSA) is 41.1 Å². The van der Waals surface area contributed by atoms with E-state index < -0.39 is 0 Å². The molecule has 0 radical (unpaired) electrons. The molecule has 1 heterocycles. The van der Waals surface area contributed by atoms with Gasteiger partial charge in [0.1, 0.15) is 5.82 Å². The third-order valence-corrected chi connectivity index (χ3v) is 4.53. The molecular weight excluding hydrogens is 248 g/mol. The van der Waals surface area contributed by atoms with Gasteiger partial charge >= 0.3 is 0 Å². The molecule has 0 atom stereocenters. The monoisotopic (exact) mass is 276 g/mol. The highest BCUT2D eigenvalue weighted by molar-refractivity contribution is 5.36. The van der Waals surface area contributed by atoms with Gasteiger partial charge in [-0.1, -0.05) is 20.3 Å². The fourth-order valence-corrected chi connectivity index (χ4v) is 3.03. The van der Waals surface area contributed by atoms with Gasteiger partial charge in [0.15, 0.2) is 0 Å². The average molecular weight is 276 g/mol. The van der Waals surface area contributed by atoms with Crippen LogP contribution < -0.4 is 10.2 Å². The maximum absolute atomic E-state index is 4.73. The lowest BCUT2D eigenvalue weighted by molar-refractivity contribution is 0.312. The summed E-state index contributed by atoms with van der Waals surface area (Å²) in [5, 5.41) is 3.30. The molecule has 1 aromatic heterocycles. The van der Waals surface area contributed by atoms with E-state index in [-0.39, 0.29) is 0 Å². The molecule has 1 aromatic rings. The van der Waals surface area contributed by atoms with Crippen LogP contribution in [0.4, 0.5) is 5.82 Å². The summed E-state index contributed by atoms with van der Waals surface area (Å²) in [5.74, 6) is 1.95. The second-order valence-electron chi connectivity index (χ2n) is 5.84. The Morgan fingerprint density at radius 1 is 1.20 bits per heavy atom. The summed E-state index contributed by atoms with van der Waals surface area (Å²) in [6.07, 6.45) is 10.4. The van der Waals surface area contributed by atoms with Crippen LogP contribution in [-0.4, -0.2) is 29.6 Å². The molecule has 20 heavy (non-hydrogen) atoms. The van der Waals surface area contributed by atoms with Gasteiger partial charge < -0.3 is 10.2 Å². The maximum Gasteiger partial charge on any atom is 0.147 e. The summed E-state index contributed by atoms with van der Waals surface area (Å²) in [7, 11) is 2.16. The van der Waals surface area contributed by atoms with E-state index in [1.165, 1.54) is 32.1 Å². The molecule has 4 nitrogen and oxygen atoms in total. The minimum absolute atomic E-state index is 0.626. The number of anilines is 1. The van der Waals surface area contributed by atoms with Crippen LogP contribution >= 0.6 is 0 Å². The Morgan fingerprint density at radius 2 is 1.95 bits per heavy atom. The Bertz CT molecular complexity index is 399. The second-order valence-corrected chi connectivity index (χ2v) is 5.84. The lowest BCUT2D eigenvalue weighted by atomic mass is 9.84. The molecule has 1 fully saturated rings. The summed E-state index contributed by atoms with van der Waals surface area (Å²) in [6, 6.07) is 0.626. The summed E-state index contributed by atoms with van der Waals surface area (Å²) in [5.41, 5.74) is 1.03. The Balaban J connectivity index is 1.96. The molecular formula is C16H28N4. The van der Waals surface area contributed by atoms with Gasteiger partial charge in [-0.3, -0.25) is 4.98 Å². The van der Waals surface area contributed by atoms with Gasteiger partial charge in [-0.2, -0.15) is 0 Å². The molecule has 4 heteroatoms. The third kappa shape index (κ3) is 3.92. The van der Waals surface area contributed by atoms with E-state index in [1.54, 1.807) is 0 Å². The quantitative estimate of drug-likeness (QED) is 0.867. The van der Waals surface area contributed by atoms with Crippen LogP contribution in [0.5, 0.6) is 0 Å². The highest BCUT2D eigenvalue weighted by Gasteiger charge is 2.23. The molecule has 0 bridgehead atoms. The van der Waals surface area contributed by atoms with Crippen molar-refractivity contribution in [1.82, 2.24) is 15.3 Å². The van der Waals surface area contributed by atoms with E-state index in [9.17, 15) is 0 Å². The van der Waals surface area contributed by atoms with Gasteiger partial charge in [-0.05, 0) is 38.1 Å². The Kier molecular flexibility index (Phi) is 5.77. The first-order chi connectivity index (χ1) is 9.74. The number of hydrogen-bond donors (Lipinski definition) is 1. The van der Waals surface area contributed by atoms with E-state index in [1.807, 2.05) is 12.4 Å². The fourth-order valence-electron chi connectivity index (χ4n) is 3.03. The normalized spacial score (nSPS) is 22.8. The second kappa shape index (κ2) is 7.58. The van der Waals surface area contributed by atoms with Crippen molar-refractivity contribution in [3.63, 3.8) is 0 Å². The van der Waals surface area contributed by atoms with Crippen molar-refractivity contribution in [1.29, 1.82) is 0 Å². The first kappa shape index (κ1) is 15.2. The van der Waals surface area contributed by atoms with Crippen molar-refractivity contribution < 1.29 is 0 Å². The van der Waals surface area contributed by atoms with E-state index in [0.29, 0.717) is 6.04 Å². The zero-order chi connectivity index (χ0) is 14.4. The molecule has 1 aliphatic carbocycles. The highest BCUT2D eigenvalue weighted by Crippen LogP contribution is 2.30. The van der Waals surface area contributed by atoms with Crippen LogP contribution in [0, 0.1) is 5.92 Å². The minimum Gasteiger partial charge on any atom is -0.355 e. The van der Waals surface area contributed by atoms with Gasteiger partial charge in [0, 0.05) is 25.8 Å². The molecule has 0 aromatic carbocycles. The molecule has 0 amide bonds. The van der Waals surface area contributed by atoms with E-state index in [2.05, 4.69) is 36.1 Å². The van der Waals surface area contributed by atoms with Crippen LogP contribution in [0.15, 0.2) is 12.4 Å². The molecule has 1 aliphatic rings. The molecule has 0 spiro atoms. The number of aromatic nitrogens is 2. The molecule has 2 rings (SSSR count). The fraction of sp³-hybridized carbons (Fsp3) is 0.750. The highest BCUT2D eigenvalue weighted by atomic mass is 15.2. The number of hydrogen-bond acceptors (Lipinski definition) is 4. The molecule has 0 saturated heterocycles. The van der Waals surface area contributed by atoms with Gasteiger partial charge in [-0.25, -0.2) is 4.98 Å². The predicted octanol–water partition coefficient (Wildman–Crippen LogP) is 2.99. The van der Waals surface area contributed by atoms with Crippen LogP contribution in [0.3, 0.4) is 0 Å². The van der Waals surface area contributed by atoms with Crippen LogP contribution in [0.1, 0.15) is 51.6 Å². The number of rotatable bonds is 6. The Morgan fingerprint density at radius 3 is 2.60 bits per heavy atom. The Hall–Kier alpha value is -1.16. The van der Waals surface area contributed by atoms with Crippen molar-refractivity contribution in [3.8, 4) is 0 Å². The van der Waals surface area contributed by atoms with Gasteiger partial charge in [0.2, 0.25) is 0 Å². The SMILES string of the molecule is CCNCc1cncc(N(C)C2CCC(CC)CC2)n1. The summed E-state index contributed by atoms with van der Waals surface area (Å²) in [6.45, 7) is 6.18. The first-order valence-electron chi connectivity index (χ1n) is 7.99. The van der Waals surface area contributed by atoms with Crippen molar-refractivity contribution in [3.05, 3.63) is 18.1 Å². The third-order valence-electron chi connectivity index (χ3n) is 4.53. The van der Waals surface area contributed by atoms with E-state index in [0.717, 1.165) is 30.5 Å². The molecule has 0 aliphatic heterocycles. The predicted molar refractivity (Wildman–Crippen MR) is 83.9 cm³/mol. The lowest BCUT2D eigenvalue weighted by Gasteiger charge is -2.35. The van der Waals surface area contributed by atoms with Gasteiger partial charge in [-0.15, -0.1) is 0 Å².